The molecule has 0 fully saturated rings. The summed E-state index contributed by atoms with van der Waals surface area (Å²) in [5.41, 5.74) is 5.57. The molecule has 5 heteroatoms. The van der Waals surface area contributed by atoms with Crippen LogP contribution in [0.4, 0.5) is 5.82 Å². The van der Waals surface area contributed by atoms with E-state index in [9.17, 15) is 0 Å². The summed E-state index contributed by atoms with van der Waals surface area (Å²) in [6.07, 6.45) is 6.47. The van der Waals surface area contributed by atoms with Gasteiger partial charge in [-0.25, -0.2) is 0 Å². The second-order valence-corrected chi connectivity index (χ2v) is 5.45. The maximum Gasteiger partial charge on any atom is 0.145 e. The molecule has 0 aliphatic rings. The molecule has 0 saturated heterocycles. The lowest BCUT2D eigenvalue weighted by Gasteiger charge is -2.24. The van der Waals surface area contributed by atoms with E-state index in [2.05, 4.69) is 30.2 Å². The smallest absolute Gasteiger partial charge is 0.145 e. The maximum atomic E-state index is 5.57. The minimum atomic E-state index is 0.603. The lowest BCUT2D eigenvalue weighted by molar-refractivity contribution is 0.244. The zero-order valence-electron chi connectivity index (χ0n) is 11.1. The summed E-state index contributed by atoms with van der Waals surface area (Å²) in [6, 6.07) is 2.50. The Labute approximate surface area is 109 Å². The maximum absolute atomic E-state index is 5.57. The average Bonchev–Trinajstić information content (AvgIpc) is 2.71. The SMILES string of the molecule is CSCCC(C)N(C)CCCn1ccc(N)n1. The van der Waals surface area contributed by atoms with Gasteiger partial charge in [-0.2, -0.15) is 16.9 Å². The summed E-state index contributed by atoms with van der Waals surface area (Å²) >= 11 is 1.92. The molecule has 4 nitrogen and oxygen atoms in total. The number of aryl methyl sites for hydroxylation is 1. The monoisotopic (exact) mass is 256 g/mol. The van der Waals surface area contributed by atoms with E-state index in [-0.39, 0.29) is 0 Å². The number of hydrogen-bond donors (Lipinski definition) is 1. The van der Waals surface area contributed by atoms with Gasteiger partial charge in [0.25, 0.3) is 0 Å². The van der Waals surface area contributed by atoms with E-state index in [1.165, 1.54) is 12.2 Å². The molecule has 0 aliphatic carbocycles. The zero-order valence-corrected chi connectivity index (χ0v) is 11.9. The molecule has 0 aromatic carbocycles. The molecule has 1 unspecified atom stereocenters. The number of aromatic nitrogens is 2. The van der Waals surface area contributed by atoms with Crippen molar-refractivity contribution in [3.05, 3.63) is 12.3 Å². The van der Waals surface area contributed by atoms with Gasteiger partial charge in [0.15, 0.2) is 0 Å². The summed E-state index contributed by atoms with van der Waals surface area (Å²) < 4.78 is 1.91. The highest BCUT2D eigenvalue weighted by Crippen LogP contribution is 2.07. The van der Waals surface area contributed by atoms with E-state index in [1.54, 1.807) is 0 Å². The van der Waals surface area contributed by atoms with Gasteiger partial charge in [0.05, 0.1) is 0 Å². The van der Waals surface area contributed by atoms with Gasteiger partial charge in [-0.05, 0) is 51.4 Å². The quantitative estimate of drug-likeness (QED) is 0.772. The van der Waals surface area contributed by atoms with Gasteiger partial charge < -0.3 is 10.6 Å². The van der Waals surface area contributed by atoms with Crippen LogP contribution in [0.5, 0.6) is 0 Å². The predicted molar refractivity (Wildman–Crippen MR) is 76.3 cm³/mol. The second kappa shape index (κ2) is 7.61. The first kappa shape index (κ1) is 14.4. The van der Waals surface area contributed by atoms with Crippen LogP contribution in [0.1, 0.15) is 19.8 Å². The van der Waals surface area contributed by atoms with Gasteiger partial charge in [-0.3, -0.25) is 4.68 Å². The molecule has 98 valence electrons. The number of nitrogen functional groups attached to an aromatic ring is 1. The molecule has 1 atom stereocenters. The van der Waals surface area contributed by atoms with Crippen molar-refractivity contribution in [1.82, 2.24) is 14.7 Å². The van der Waals surface area contributed by atoms with E-state index in [1.807, 2.05) is 28.7 Å². The van der Waals surface area contributed by atoms with Crippen molar-refractivity contribution in [3.63, 3.8) is 0 Å². The Bertz CT molecular complexity index is 313. The van der Waals surface area contributed by atoms with Gasteiger partial charge in [-0.1, -0.05) is 0 Å². The van der Waals surface area contributed by atoms with Gasteiger partial charge in [0.1, 0.15) is 5.82 Å². The van der Waals surface area contributed by atoms with Crippen LogP contribution in [0.2, 0.25) is 0 Å². The zero-order chi connectivity index (χ0) is 12.7. The Morgan fingerprint density at radius 3 is 2.94 bits per heavy atom. The first-order valence-corrected chi connectivity index (χ1v) is 7.51. The van der Waals surface area contributed by atoms with Crippen LogP contribution in [-0.2, 0) is 6.54 Å². The van der Waals surface area contributed by atoms with Crippen molar-refractivity contribution in [2.24, 2.45) is 0 Å². The van der Waals surface area contributed by atoms with Crippen molar-refractivity contribution in [3.8, 4) is 0 Å². The minimum absolute atomic E-state index is 0.603. The summed E-state index contributed by atoms with van der Waals surface area (Å²) in [6.45, 7) is 4.34. The van der Waals surface area contributed by atoms with Crippen molar-refractivity contribution >= 4 is 17.6 Å². The van der Waals surface area contributed by atoms with E-state index in [4.69, 9.17) is 5.73 Å². The summed E-state index contributed by atoms with van der Waals surface area (Å²) in [5.74, 6) is 1.84. The fourth-order valence-electron chi connectivity index (χ4n) is 1.71. The lowest BCUT2D eigenvalue weighted by atomic mass is 10.2. The molecule has 1 rings (SSSR count). The molecular weight excluding hydrogens is 232 g/mol. The Morgan fingerprint density at radius 1 is 1.59 bits per heavy atom. The van der Waals surface area contributed by atoms with Crippen molar-refractivity contribution in [2.45, 2.75) is 32.4 Å². The van der Waals surface area contributed by atoms with E-state index >= 15 is 0 Å². The molecule has 0 saturated carbocycles. The molecule has 0 aliphatic heterocycles. The molecule has 0 amide bonds. The summed E-state index contributed by atoms with van der Waals surface area (Å²) in [5, 5.41) is 4.17. The van der Waals surface area contributed by atoms with Gasteiger partial charge in [0.2, 0.25) is 0 Å². The predicted octanol–water partition coefficient (Wildman–Crippen LogP) is 1.93. The number of thioether (sulfide) groups is 1. The Hall–Kier alpha value is -0.680. The number of nitrogens with two attached hydrogens (primary N) is 1. The van der Waals surface area contributed by atoms with Crippen LogP contribution < -0.4 is 5.73 Å². The van der Waals surface area contributed by atoms with Crippen LogP contribution in [0, 0.1) is 0 Å². The summed E-state index contributed by atoms with van der Waals surface area (Å²) in [4.78, 5) is 2.42. The Morgan fingerprint density at radius 2 is 2.35 bits per heavy atom. The third-order valence-electron chi connectivity index (χ3n) is 3.05. The van der Waals surface area contributed by atoms with Crippen LogP contribution in [0.15, 0.2) is 12.3 Å². The fourth-order valence-corrected chi connectivity index (χ4v) is 2.29. The Balaban J connectivity index is 2.17. The third kappa shape index (κ3) is 5.46. The molecule has 0 radical (unpaired) electrons. The second-order valence-electron chi connectivity index (χ2n) is 4.47. The summed E-state index contributed by atoms with van der Waals surface area (Å²) in [7, 11) is 2.20. The minimum Gasteiger partial charge on any atom is -0.382 e. The topological polar surface area (TPSA) is 47.1 Å². The first-order chi connectivity index (χ1) is 8.13. The number of anilines is 1. The highest BCUT2D eigenvalue weighted by atomic mass is 32.2. The number of rotatable bonds is 8. The number of nitrogens with zero attached hydrogens (tertiary/aromatic N) is 3. The van der Waals surface area contributed by atoms with Gasteiger partial charge in [0, 0.05) is 18.8 Å². The fraction of sp³-hybridized carbons (Fsp3) is 0.750. The standard InChI is InChI=1S/C12H24N4S/c1-11(6-10-17-3)15(2)7-4-8-16-9-5-12(13)14-16/h5,9,11H,4,6-8,10H2,1-3H3,(H2,13,14). The van der Waals surface area contributed by atoms with E-state index < -0.39 is 0 Å². The van der Waals surface area contributed by atoms with Crippen molar-refractivity contribution in [2.75, 3.05) is 31.3 Å². The normalized spacial score (nSPS) is 13.2. The molecule has 1 aromatic rings. The highest BCUT2D eigenvalue weighted by Gasteiger charge is 2.08. The molecule has 0 bridgehead atoms. The van der Waals surface area contributed by atoms with Crippen molar-refractivity contribution < 1.29 is 0 Å². The van der Waals surface area contributed by atoms with E-state index in [0.29, 0.717) is 11.9 Å². The molecule has 1 aromatic heterocycles. The Kier molecular flexibility index (Phi) is 6.44. The number of hydrogen-bond acceptors (Lipinski definition) is 4. The van der Waals surface area contributed by atoms with Crippen LogP contribution in [0.25, 0.3) is 0 Å². The largest absolute Gasteiger partial charge is 0.382 e. The molecule has 17 heavy (non-hydrogen) atoms. The first-order valence-electron chi connectivity index (χ1n) is 6.11. The molecule has 2 N–H and O–H groups in total. The lowest BCUT2D eigenvalue weighted by Crippen LogP contribution is -2.31. The third-order valence-corrected chi connectivity index (χ3v) is 3.70. The average molecular weight is 256 g/mol. The van der Waals surface area contributed by atoms with Gasteiger partial charge >= 0.3 is 0 Å². The van der Waals surface area contributed by atoms with Crippen LogP contribution in [-0.4, -0.2) is 46.3 Å². The van der Waals surface area contributed by atoms with Crippen LogP contribution in [0.3, 0.4) is 0 Å². The highest BCUT2D eigenvalue weighted by molar-refractivity contribution is 7.98. The van der Waals surface area contributed by atoms with Crippen LogP contribution >= 0.6 is 11.8 Å². The molecule has 1 heterocycles. The van der Waals surface area contributed by atoms with E-state index in [0.717, 1.165) is 19.5 Å². The van der Waals surface area contributed by atoms with Crippen molar-refractivity contribution in [1.29, 1.82) is 0 Å². The van der Waals surface area contributed by atoms with Gasteiger partial charge in [-0.15, -0.1) is 0 Å². The molecular formula is C12H24N4S. The molecule has 0 spiro atoms.